The van der Waals surface area contributed by atoms with E-state index in [9.17, 15) is 9.59 Å². The van der Waals surface area contributed by atoms with Gasteiger partial charge in [-0.1, -0.05) is 115 Å². The standard InChI is InChI=1S/C28H20O2/c29-20-26(23-18-16-22(17-19-23)21-10-4-1-5-11-21)27(24-12-6-2-7-13-24)28(30)25-14-8-3-9-15-25/h1-20H. The number of hydrogen-bond donors (Lipinski definition) is 0. The first-order valence-corrected chi connectivity index (χ1v) is 9.78. The van der Waals surface area contributed by atoms with Crippen LogP contribution < -0.4 is 0 Å². The number of rotatable bonds is 6. The molecule has 2 heteroatoms. The summed E-state index contributed by atoms with van der Waals surface area (Å²) in [5, 5.41) is 0. The fourth-order valence-electron chi connectivity index (χ4n) is 3.49. The van der Waals surface area contributed by atoms with Crippen LogP contribution in [-0.4, -0.2) is 12.1 Å². The molecule has 0 saturated heterocycles. The van der Waals surface area contributed by atoms with E-state index >= 15 is 0 Å². The molecule has 4 aromatic carbocycles. The van der Waals surface area contributed by atoms with Gasteiger partial charge in [-0.2, -0.15) is 0 Å². The van der Waals surface area contributed by atoms with Gasteiger partial charge in [-0.3, -0.25) is 9.59 Å². The van der Waals surface area contributed by atoms with Gasteiger partial charge >= 0.3 is 0 Å². The Morgan fingerprint density at radius 2 is 0.967 bits per heavy atom. The van der Waals surface area contributed by atoms with Crippen LogP contribution in [0, 0.1) is 0 Å². The highest BCUT2D eigenvalue weighted by molar-refractivity contribution is 6.40. The molecule has 0 fully saturated rings. The molecule has 4 aromatic rings. The SMILES string of the molecule is O=CC(=C(C(=O)c1ccccc1)c1ccccc1)c1ccc(-c2ccccc2)cc1. The first-order chi connectivity index (χ1) is 14.8. The van der Waals surface area contributed by atoms with Crippen LogP contribution in [0.4, 0.5) is 0 Å². The summed E-state index contributed by atoms with van der Waals surface area (Å²) in [6.07, 6.45) is 0.778. The van der Waals surface area contributed by atoms with Crippen molar-refractivity contribution >= 4 is 23.2 Å². The van der Waals surface area contributed by atoms with Crippen LogP contribution in [0.15, 0.2) is 115 Å². The number of hydrogen-bond acceptors (Lipinski definition) is 2. The molecule has 0 atom stereocenters. The van der Waals surface area contributed by atoms with Crippen LogP contribution in [0.5, 0.6) is 0 Å². The highest BCUT2D eigenvalue weighted by Gasteiger charge is 2.20. The number of Topliss-reactive ketones (excluding diaryl/α,β-unsaturated/α-hetero) is 1. The second-order valence-corrected chi connectivity index (χ2v) is 6.91. The molecule has 2 nitrogen and oxygen atoms in total. The van der Waals surface area contributed by atoms with Crippen molar-refractivity contribution in [2.75, 3.05) is 0 Å². The lowest BCUT2D eigenvalue weighted by Crippen LogP contribution is -2.06. The van der Waals surface area contributed by atoms with E-state index in [0.29, 0.717) is 22.3 Å². The lowest BCUT2D eigenvalue weighted by Gasteiger charge is -2.12. The Morgan fingerprint density at radius 3 is 1.50 bits per heavy atom. The maximum atomic E-state index is 13.4. The van der Waals surface area contributed by atoms with Crippen molar-refractivity contribution in [3.8, 4) is 11.1 Å². The Kier molecular flexibility index (Phi) is 5.77. The smallest absolute Gasteiger partial charge is 0.194 e. The van der Waals surface area contributed by atoms with E-state index in [-0.39, 0.29) is 5.78 Å². The van der Waals surface area contributed by atoms with E-state index in [0.717, 1.165) is 23.0 Å². The van der Waals surface area contributed by atoms with Crippen molar-refractivity contribution in [2.24, 2.45) is 0 Å². The molecular formula is C28H20O2. The maximum absolute atomic E-state index is 13.4. The van der Waals surface area contributed by atoms with Gasteiger partial charge in [-0.05, 0) is 22.3 Å². The predicted octanol–water partition coefficient (Wildman–Crippen LogP) is 6.35. The number of ketones is 1. The average molecular weight is 388 g/mol. The fourth-order valence-corrected chi connectivity index (χ4v) is 3.49. The molecule has 30 heavy (non-hydrogen) atoms. The van der Waals surface area contributed by atoms with Gasteiger partial charge in [-0.15, -0.1) is 0 Å². The summed E-state index contributed by atoms with van der Waals surface area (Å²) < 4.78 is 0. The van der Waals surface area contributed by atoms with Crippen molar-refractivity contribution in [1.82, 2.24) is 0 Å². The summed E-state index contributed by atoms with van der Waals surface area (Å²) in [5.74, 6) is -0.170. The van der Waals surface area contributed by atoms with E-state index in [1.807, 2.05) is 103 Å². The third-order valence-corrected chi connectivity index (χ3v) is 5.02. The number of allylic oxidation sites excluding steroid dienone is 2. The van der Waals surface area contributed by atoms with E-state index in [1.165, 1.54) is 0 Å². The average Bonchev–Trinajstić information content (AvgIpc) is 2.84. The number of carbonyl (C=O) groups excluding carboxylic acids is 2. The molecule has 0 unspecified atom stereocenters. The Labute approximate surface area is 176 Å². The van der Waals surface area contributed by atoms with Crippen molar-refractivity contribution in [3.63, 3.8) is 0 Å². The van der Waals surface area contributed by atoms with Gasteiger partial charge in [-0.25, -0.2) is 0 Å². The second-order valence-electron chi connectivity index (χ2n) is 6.91. The number of aldehydes is 1. The highest BCUT2D eigenvalue weighted by Crippen LogP contribution is 2.30. The van der Waals surface area contributed by atoms with Gasteiger partial charge < -0.3 is 0 Å². The van der Waals surface area contributed by atoms with E-state index in [1.54, 1.807) is 12.1 Å². The third kappa shape index (κ3) is 4.03. The molecule has 0 radical (unpaired) electrons. The zero-order valence-corrected chi connectivity index (χ0v) is 16.4. The molecule has 0 aliphatic carbocycles. The molecule has 0 bridgehead atoms. The van der Waals surface area contributed by atoms with E-state index in [4.69, 9.17) is 0 Å². The van der Waals surface area contributed by atoms with Crippen molar-refractivity contribution in [1.29, 1.82) is 0 Å². The van der Waals surface area contributed by atoms with Crippen molar-refractivity contribution in [3.05, 3.63) is 132 Å². The van der Waals surface area contributed by atoms with E-state index in [2.05, 4.69) is 0 Å². The zero-order chi connectivity index (χ0) is 20.8. The first kappa shape index (κ1) is 19.3. The third-order valence-electron chi connectivity index (χ3n) is 5.02. The first-order valence-electron chi connectivity index (χ1n) is 9.78. The minimum Gasteiger partial charge on any atom is -0.298 e. The van der Waals surface area contributed by atoms with E-state index < -0.39 is 0 Å². The molecule has 0 aliphatic heterocycles. The number of benzene rings is 4. The molecule has 0 spiro atoms. The van der Waals surface area contributed by atoms with Crippen molar-refractivity contribution < 1.29 is 9.59 Å². The van der Waals surface area contributed by atoms with Crippen LogP contribution in [0.25, 0.3) is 22.3 Å². The molecule has 4 rings (SSSR count). The molecular weight excluding hydrogens is 368 g/mol. The van der Waals surface area contributed by atoms with Gasteiger partial charge in [0.25, 0.3) is 0 Å². The monoisotopic (exact) mass is 388 g/mol. The van der Waals surface area contributed by atoms with Crippen LogP contribution in [0.2, 0.25) is 0 Å². The molecule has 0 aromatic heterocycles. The summed E-state index contributed by atoms with van der Waals surface area (Å²) in [7, 11) is 0. The zero-order valence-electron chi connectivity index (χ0n) is 16.4. The number of carbonyl (C=O) groups is 2. The van der Waals surface area contributed by atoms with Crippen molar-refractivity contribution in [2.45, 2.75) is 0 Å². The molecule has 0 N–H and O–H groups in total. The summed E-state index contributed by atoms with van der Waals surface area (Å²) in [6, 6.07) is 36.2. The Bertz CT molecular complexity index is 1170. The van der Waals surface area contributed by atoms with Gasteiger partial charge in [0, 0.05) is 16.7 Å². The lowest BCUT2D eigenvalue weighted by molar-refractivity contribution is -0.103. The topological polar surface area (TPSA) is 34.1 Å². The second kappa shape index (κ2) is 8.97. The summed E-state index contributed by atoms with van der Waals surface area (Å²) in [4.78, 5) is 25.6. The molecule has 0 saturated carbocycles. The summed E-state index contributed by atoms with van der Waals surface area (Å²) >= 11 is 0. The van der Waals surface area contributed by atoms with Gasteiger partial charge in [0.1, 0.15) is 0 Å². The highest BCUT2D eigenvalue weighted by atomic mass is 16.1. The van der Waals surface area contributed by atoms with Gasteiger partial charge in [0.15, 0.2) is 12.1 Å². The Morgan fingerprint density at radius 1 is 0.500 bits per heavy atom. The minimum absolute atomic E-state index is 0.170. The normalized spacial score (nSPS) is 11.5. The summed E-state index contributed by atoms with van der Waals surface area (Å²) in [5.41, 5.74) is 4.94. The molecule has 0 heterocycles. The molecule has 144 valence electrons. The largest absolute Gasteiger partial charge is 0.298 e. The lowest BCUT2D eigenvalue weighted by atomic mass is 9.89. The summed E-state index contributed by atoms with van der Waals surface area (Å²) in [6.45, 7) is 0. The maximum Gasteiger partial charge on any atom is 0.194 e. The van der Waals surface area contributed by atoms with Gasteiger partial charge in [0.2, 0.25) is 0 Å². The minimum atomic E-state index is -0.170. The quantitative estimate of drug-likeness (QED) is 0.167. The molecule has 0 aliphatic rings. The van der Waals surface area contributed by atoms with Gasteiger partial charge in [0.05, 0.1) is 0 Å². The molecule has 0 amide bonds. The predicted molar refractivity (Wildman–Crippen MR) is 122 cm³/mol. The van der Waals surface area contributed by atoms with Crippen LogP contribution in [0.3, 0.4) is 0 Å². The van der Waals surface area contributed by atoms with Crippen LogP contribution in [-0.2, 0) is 4.79 Å². The Hall–Kier alpha value is -4.04. The van der Waals surface area contributed by atoms with Crippen LogP contribution >= 0.6 is 0 Å². The van der Waals surface area contributed by atoms with Crippen LogP contribution in [0.1, 0.15) is 21.5 Å². The Balaban J connectivity index is 1.84. The fraction of sp³-hybridized carbons (Fsp3) is 0.